The molecule has 1 aliphatic carbocycles. The van der Waals surface area contributed by atoms with E-state index < -0.39 is 21.7 Å². The second-order valence-electron chi connectivity index (χ2n) is 8.89. The van der Waals surface area contributed by atoms with Gasteiger partial charge in [0.2, 0.25) is 10.0 Å². The van der Waals surface area contributed by atoms with E-state index in [0.717, 1.165) is 50.6 Å². The highest BCUT2D eigenvalue weighted by Gasteiger charge is 2.47. The minimum atomic E-state index is -3.65. The molecule has 0 aromatic heterocycles. The van der Waals surface area contributed by atoms with Gasteiger partial charge in [0.05, 0.1) is 16.6 Å². The van der Waals surface area contributed by atoms with E-state index in [1.807, 2.05) is 6.92 Å². The maximum Gasteiger partial charge on any atom is 0.243 e. The van der Waals surface area contributed by atoms with Crippen LogP contribution in [0.5, 0.6) is 0 Å². The third-order valence-corrected chi connectivity index (χ3v) is 8.80. The Labute approximate surface area is 168 Å². The predicted molar refractivity (Wildman–Crippen MR) is 107 cm³/mol. The van der Waals surface area contributed by atoms with Crippen LogP contribution in [-0.4, -0.2) is 71.3 Å². The fourth-order valence-electron chi connectivity index (χ4n) is 5.41. The number of benzene rings is 1. The lowest BCUT2D eigenvalue weighted by Crippen LogP contribution is -2.52. The normalized spacial score (nSPS) is 31.6. The Balaban J connectivity index is 1.54. The zero-order valence-electron chi connectivity index (χ0n) is 16.6. The number of aryl methyl sites for hydroxylation is 1. The minimum Gasteiger partial charge on any atom is -0.392 e. The standard InChI is InChI=1S/C21H32N2O4S/c1-16-6-8-19(9-7-16)28(26,27)23-15-18(24)13-17(23)14-22-12-4-5-20(22)21(25)10-2-3-11-21/h6-9,17-18,20,24-25H,2-5,10-15H2,1H3/t17-,18+,20-/m0/s1. The number of rotatable bonds is 5. The first kappa shape index (κ1) is 20.3. The maximum atomic E-state index is 13.2. The van der Waals surface area contributed by atoms with Crippen molar-refractivity contribution in [2.75, 3.05) is 19.6 Å². The van der Waals surface area contributed by atoms with Gasteiger partial charge in [-0.3, -0.25) is 4.90 Å². The largest absolute Gasteiger partial charge is 0.392 e. The van der Waals surface area contributed by atoms with E-state index in [0.29, 0.717) is 13.0 Å². The second kappa shape index (κ2) is 7.69. The van der Waals surface area contributed by atoms with E-state index in [-0.39, 0.29) is 23.5 Å². The molecule has 0 radical (unpaired) electrons. The van der Waals surface area contributed by atoms with Crippen LogP contribution in [-0.2, 0) is 10.0 Å². The van der Waals surface area contributed by atoms with Crippen molar-refractivity contribution in [3.05, 3.63) is 29.8 Å². The molecule has 2 aliphatic heterocycles. The molecule has 0 bridgehead atoms. The summed E-state index contributed by atoms with van der Waals surface area (Å²) < 4.78 is 27.9. The summed E-state index contributed by atoms with van der Waals surface area (Å²) in [5.41, 5.74) is 0.385. The summed E-state index contributed by atoms with van der Waals surface area (Å²) in [7, 11) is -3.65. The number of nitrogens with zero attached hydrogens (tertiary/aromatic N) is 2. The first-order valence-corrected chi connectivity index (χ1v) is 12.0. The zero-order chi connectivity index (χ0) is 19.9. The predicted octanol–water partition coefficient (Wildman–Crippen LogP) is 1.89. The Kier molecular flexibility index (Phi) is 5.57. The first-order chi connectivity index (χ1) is 13.3. The molecule has 1 aromatic carbocycles. The zero-order valence-corrected chi connectivity index (χ0v) is 17.4. The Hall–Kier alpha value is -0.990. The summed E-state index contributed by atoms with van der Waals surface area (Å²) >= 11 is 0. The lowest BCUT2D eigenvalue weighted by molar-refractivity contribution is -0.0309. The first-order valence-electron chi connectivity index (χ1n) is 10.5. The molecule has 4 rings (SSSR count). The molecule has 1 aromatic rings. The third kappa shape index (κ3) is 3.75. The van der Waals surface area contributed by atoms with Gasteiger partial charge in [-0.1, -0.05) is 30.5 Å². The Morgan fingerprint density at radius 2 is 1.82 bits per heavy atom. The fourth-order valence-corrected chi connectivity index (χ4v) is 7.08. The molecule has 0 amide bonds. The van der Waals surface area contributed by atoms with E-state index in [4.69, 9.17) is 0 Å². The minimum absolute atomic E-state index is 0.108. The number of hydrogen-bond acceptors (Lipinski definition) is 5. The molecule has 2 saturated heterocycles. The van der Waals surface area contributed by atoms with Crippen LogP contribution in [0.4, 0.5) is 0 Å². The summed E-state index contributed by atoms with van der Waals surface area (Å²) in [5.74, 6) is 0. The second-order valence-corrected chi connectivity index (χ2v) is 10.8. The average Bonchev–Trinajstić information content (AvgIpc) is 3.37. The van der Waals surface area contributed by atoms with Crippen molar-refractivity contribution in [1.82, 2.24) is 9.21 Å². The molecule has 28 heavy (non-hydrogen) atoms. The van der Waals surface area contributed by atoms with Crippen LogP contribution in [0.25, 0.3) is 0 Å². The van der Waals surface area contributed by atoms with Gasteiger partial charge in [-0.15, -0.1) is 0 Å². The van der Waals surface area contributed by atoms with Gasteiger partial charge in [0.15, 0.2) is 0 Å². The molecular weight excluding hydrogens is 376 g/mol. The molecule has 3 atom stereocenters. The summed E-state index contributed by atoms with van der Waals surface area (Å²) in [6, 6.07) is 6.75. The van der Waals surface area contributed by atoms with E-state index in [1.165, 1.54) is 4.31 Å². The monoisotopic (exact) mass is 408 g/mol. The highest BCUT2D eigenvalue weighted by molar-refractivity contribution is 7.89. The number of hydrogen-bond donors (Lipinski definition) is 2. The van der Waals surface area contributed by atoms with E-state index in [1.54, 1.807) is 24.3 Å². The number of sulfonamides is 1. The van der Waals surface area contributed by atoms with Crippen molar-refractivity contribution in [2.24, 2.45) is 0 Å². The molecule has 2 heterocycles. The van der Waals surface area contributed by atoms with Gasteiger partial charge in [-0.2, -0.15) is 4.31 Å². The molecule has 3 fully saturated rings. The summed E-state index contributed by atoms with van der Waals surface area (Å²) in [6.07, 6.45) is 5.63. The van der Waals surface area contributed by atoms with Crippen LogP contribution < -0.4 is 0 Å². The maximum absolute atomic E-state index is 13.2. The number of aliphatic hydroxyl groups excluding tert-OH is 1. The molecular formula is C21H32N2O4S. The van der Waals surface area contributed by atoms with Gasteiger partial charge in [0.1, 0.15) is 0 Å². The molecule has 0 unspecified atom stereocenters. The molecule has 1 saturated carbocycles. The van der Waals surface area contributed by atoms with Crippen molar-refractivity contribution >= 4 is 10.0 Å². The lowest BCUT2D eigenvalue weighted by Gasteiger charge is -2.38. The van der Waals surface area contributed by atoms with Crippen molar-refractivity contribution in [3.8, 4) is 0 Å². The van der Waals surface area contributed by atoms with Crippen molar-refractivity contribution < 1.29 is 18.6 Å². The number of likely N-dealkylation sites (tertiary alicyclic amines) is 1. The fraction of sp³-hybridized carbons (Fsp3) is 0.714. The van der Waals surface area contributed by atoms with Crippen molar-refractivity contribution in [2.45, 2.75) is 80.6 Å². The lowest BCUT2D eigenvalue weighted by atomic mass is 9.90. The summed E-state index contributed by atoms with van der Waals surface area (Å²) in [6.45, 7) is 3.54. The van der Waals surface area contributed by atoms with Gasteiger partial charge in [0.25, 0.3) is 0 Å². The van der Waals surface area contributed by atoms with Crippen LogP contribution in [0, 0.1) is 6.92 Å². The van der Waals surface area contributed by atoms with Gasteiger partial charge in [-0.25, -0.2) is 8.42 Å². The summed E-state index contributed by atoms with van der Waals surface area (Å²) in [4.78, 5) is 2.57. The average molecular weight is 409 g/mol. The van der Waals surface area contributed by atoms with Gasteiger partial charge < -0.3 is 10.2 Å². The van der Waals surface area contributed by atoms with Gasteiger partial charge in [0, 0.05) is 25.2 Å². The van der Waals surface area contributed by atoms with Gasteiger partial charge in [-0.05, 0) is 57.7 Å². The van der Waals surface area contributed by atoms with Crippen LogP contribution in [0.15, 0.2) is 29.2 Å². The molecule has 3 aliphatic rings. The van der Waals surface area contributed by atoms with Crippen LogP contribution in [0.3, 0.4) is 0 Å². The smallest absolute Gasteiger partial charge is 0.243 e. The van der Waals surface area contributed by atoms with Crippen molar-refractivity contribution in [1.29, 1.82) is 0 Å². The van der Waals surface area contributed by atoms with Crippen LogP contribution >= 0.6 is 0 Å². The SMILES string of the molecule is Cc1ccc(S(=O)(=O)N2C[C@H](O)C[C@H]2CN2CCC[C@H]2C2(O)CCCC2)cc1. The molecule has 0 spiro atoms. The van der Waals surface area contributed by atoms with Gasteiger partial charge >= 0.3 is 0 Å². The molecule has 156 valence electrons. The number of aliphatic hydroxyl groups is 2. The van der Waals surface area contributed by atoms with E-state index >= 15 is 0 Å². The number of β-amino-alcohol motifs (C(OH)–C–C–N with tert-alkyl or cyclic N) is 1. The van der Waals surface area contributed by atoms with E-state index in [9.17, 15) is 18.6 Å². The Morgan fingerprint density at radius 3 is 2.50 bits per heavy atom. The van der Waals surface area contributed by atoms with Crippen molar-refractivity contribution in [3.63, 3.8) is 0 Å². The van der Waals surface area contributed by atoms with Crippen LogP contribution in [0.1, 0.15) is 50.5 Å². The quantitative estimate of drug-likeness (QED) is 0.778. The Bertz CT molecular complexity index is 789. The highest BCUT2D eigenvalue weighted by Crippen LogP contribution is 2.40. The Morgan fingerprint density at radius 1 is 1.14 bits per heavy atom. The third-order valence-electron chi connectivity index (χ3n) is 6.87. The van der Waals surface area contributed by atoms with E-state index in [2.05, 4.69) is 4.90 Å². The molecule has 7 heteroatoms. The van der Waals surface area contributed by atoms with Crippen LogP contribution in [0.2, 0.25) is 0 Å². The summed E-state index contributed by atoms with van der Waals surface area (Å²) in [5, 5.41) is 21.3. The topological polar surface area (TPSA) is 81.1 Å². The molecule has 2 N–H and O–H groups in total. The molecule has 6 nitrogen and oxygen atoms in total. The highest BCUT2D eigenvalue weighted by atomic mass is 32.2.